The number of amides is 3. The standard InChI is InChI=1S/C25H19Cl2N3O3/c26-18-9-5-11-20(15-18)30-24(32)21(27)22(25(30)33)29-19-10-4-8-17(14-19)23(31)28-13-12-16-6-2-1-3-7-16/h1-11,14-15,29H,12-13H2,(H,28,31). The van der Waals surface area contributed by atoms with Gasteiger partial charge in [-0.1, -0.05) is 65.7 Å². The van der Waals surface area contributed by atoms with E-state index in [4.69, 9.17) is 23.2 Å². The number of carbonyl (C=O) groups is 3. The van der Waals surface area contributed by atoms with Crippen LogP contribution in [0.1, 0.15) is 15.9 Å². The largest absolute Gasteiger partial charge is 0.352 e. The first-order valence-corrected chi connectivity index (χ1v) is 10.9. The maximum atomic E-state index is 12.9. The molecule has 0 aromatic heterocycles. The maximum Gasteiger partial charge on any atom is 0.283 e. The molecule has 1 aliphatic rings. The Morgan fingerprint density at radius 2 is 1.61 bits per heavy atom. The molecule has 1 aliphatic heterocycles. The lowest BCUT2D eigenvalue weighted by molar-refractivity contribution is -0.120. The Bertz CT molecular complexity index is 1260. The molecule has 0 radical (unpaired) electrons. The zero-order chi connectivity index (χ0) is 23.4. The molecule has 6 nitrogen and oxygen atoms in total. The Balaban J connectivity index is 1.45. The highest BCUT2D eigenvalue weighted by atomic mass is 35.5. The fourth-order valence-corrected chi connectivity index (χ4v) is 3.81. The van der Waals surface area contributed by atoms with E-state index in [1.54, 1.807) is 42.5 Å². The van der Waals surface area contributed by atoms with Crippen LogP contribution in [0.4, 0.5) is 11.4 Å². The van der Waals surface area contributed by atoms with Gasteiger partial charge < -0.3 is 10.6 Å². The Kier molecular flexibility index (Phi) is 6.77. The van der Waals surface area contributed by atoms with E-state index >= 15 is 0 Å². The van der Waals surface area contributed by atoms with Gasteiger partial charge in [0.1, 0.15) is 10.7 Å². The van der Waals surface area contributed by atoms with E-state index in [-0.39, 0.29) is 16.6 Å². The van der Waals surface area contributed by atoms with E-state index in [1.807, 2.05) is 30.3 Å². The number of nitrogens with one attached hydrogen (secondary N) is 2. The maximum absolute atomic E-state index is 12.9. The zero-order valence-electron chi connectivity index (χ0n) is 17.3. The van der Waals surface area contributed by atoms with E-state index in [0.717, 1.165) is 10.5 Å². The molecule has 3 aromatic carbocycles. The van der Waals surface area contributed by atoms with Crippen LogP contribution < -0.4 is 15.5 Å². The molecule has 8 heteroatoms. The molecule has 3 aromatic rings. The molecule has 0 saturated heterocycles. The molecular formula is C25H19Cl2N3O3. The molecule has 0 bridgehead atoms. The molecule has 1 heterocycles. The van der Waals surface area contributed by atoms with Crippen molar-refractivity contribution in [2.24, 2.45) is 0 Å². The summed E-state index contributed by atoms with van der Waals surface area (Å²) in [5.74, 6) is -1.50. The van der Waals surface area contributed by atoms with Gasteiger partial charge >= 0.3 is 0 Å². The van der Waals surface area contributed by atoms with Gasteiger partial charge in [0.25, 0.3) is 17.7 Å². The molecule has 3 amide bonds. The summed E-state index contributed by atoms with van der Waals surface area (Å²) in [6, 6.07) is 22.8. The van der Waals surface area contributed by atoms with E-state index in [0.29, 0.717) is 34.9 Å². The summed E-state index contributed by atoms with van der Waals surface area (Å²) in [5, 5.41) is 5.91. The molecule has 0 fully saturated rings. The third-order valence-electron chi connectivity index (χ3n) is 5.03. The van der Waals surface area contributed by atoms with Crippen LogP contribution in [0.3, 0.4) is 0 Å². The highest BCUT2D eigenvalue weighted by Gasteiger charge is 2.39. The lowest BCUT2D eigenvalue weighted by Gasteiger charge is -2.15. The van der Waals surface area contributed by atoms with Gasteiger partial charge in [0.15, 0.2) is 0 Å². The smallest absolute Gasteiger partial charge is 0.283 e. The van der Waals surface area contributed by atoms with Crippen LogP contribution in [0.2, 0.25) is 5.02 Å². The van der Waals surface area contributed by atoms with Gasteiger partial charge in [-0.05, 0) is 48.4 Å². The quantitative estimate of drug-likeness (QED) is 0.479. The number of carbonyl (C=O) groups excluding carboxylic acids is 3. The fraction of sp³-hybridized carbons (Fsp3) is 0.0800. The number of anilines is 2. The lowest BCUT2D eigenvalue weighted by atomic mass is 10.1. The van der Waals surface area contributed by atoms with Crippen molar-refractivity contribution < 1.29 is 14.4 Å². The van der Waals surface area contributed by atoms with Crippen molar-refractivity contribution >= 4 is 52.3 Å². The molecule has 33 heavy (non-hydrogen) atoms. The molecule has 0 saturated carbocycles. The first-order chi connectivity index (χ1) is 15.9. The Morgan fingerprint density at radius 3 is 2.36 bits per heavy atom. The Morgan fingerprint density at radius 1 is 0.848 bits per heavy atom. The number of nitrogens with zero attached hydrogens (tertiary/aromatic N) is 1. The van der Waals surface area contributed by atoms with Gasteiger partial charge in [-0.3, -0.25) is 14.4 Å². The summed E-state index contributed by atoms with van der Waals surface area (Å²) >= 11 is 12.2. The average Bonchev–Trinajstić information content (AvgIpc) is 3.03. The van der Waals surface area contributed by atoms with E-state index in [9.17, 15) is 14.4 Å². The van der Waals surface area contributed by atoms with Crippen LogP contribution in [-0.4, -0.2) is 24.3 Å². The number of rotatable bonds is 7. The van der Waals surface area contributed by atoms with Crippen LogP contribution >= 0.6 is 23.2 Å². The summed E-state index contributed by atoms with van der Waals surface area (Å²) in [6.07, 6.45) is 0.711. The highest BCUT2D eigenvalue weighted by molar-refractivity contribution is 6.53. The second-order valence-corrected chi connectivity index (χ2v) is 8.13. The van der Waals surface area contributed by atoms with Crippen molar-refractivity contribution in [3.05, 3.63) is 106 Å². The number of imide groups is 1. The molecule has 0 atom stereocenters. The fourth-order valence-electron chi connectivity index (χ4n) is 3.41. The Labute approximate surface area is 200 Å². The van der Waals surface area contributed by atoms with Crippen molar-refractivity contribution in [3.8, 4) is 0 Å². The van der Waals surface area contributed by atoms with Gasteiger partial charge in [-0.15, -0.1) is 0 Å². The van der Waals surface area contributed by atoms with Gasteiger partial charge in [-0.25, -0.2) is 4.90 Å². The topological polar surface area (TPSA) is 78.5 Å². The third kappa shape index (κ3) is 5.08. The van der Waals surface area contributed by atoms with Crippen LogP contribution in [0.25, 0.3) is 0 Å². The predicted octanol–water partition coefficient (Wildman–Crippen LogP) is 4.75. The first kappa shape index (κ1) is 22.6. The molecule has 0 unspecified atom stereocenters. The molecular weight excluding hydrogens is 461 g/mol. The first-order valence-electron chi connectivity index (χ1n) is 10.2. The summed E-state index contributed by atoms with van der Waals surface area (Å²) < 4.78 is 0. The average molecular weight is 480 g/mol. The SMILES string of the molecule is O=C(NCCc1ccccc1)c1cccc(NC2=C(Cl)C(=O)N(c3cccc(Cl)c3)C2=O)c1. The van der Waals surface area contributed by atoms with Crippen molar-refractivity contribution in [3.63, 3.8) is 0 Å². The Hall–Kier alpha value is -3.61. The lowest BCUT2D eigenvalue weighted by Crippen LogP contribution is -2.32. The van der Waals surface area contributed by atoms with Crippen LogP contribution in [-0.2, 0) is 16.0 Å². The third-order valence-corrected chi connectivity index (χ3v) is 5.62. The monoisotopic (exact) mass is 479 g/mol. The number of halogens is 2. The van der Waals surface area contributed by atoms with E-state index in [1.165, 1.54) is 6.07 Å². The van der Waals surface area contributed by atoms with E-state index in [2.05, 4.69) is 10.6 Å². The molecule has 4 rings (SSSR count). The molecule has 0 spiro atoms. The van der Waals surface area contributed by atoms with Crippen molar-refractivity contribution in [1.29, 1.82) is 0 Å². The van der Waals surface area contributed by atoms with E-state index < -0.39 is 11.8 Å². The zero-order valence-corrected chi connectivity index (χ0v) is 18.9. The normalized spacial score (nSPS) is 13.5. The number of hydrogen-bond acceptors (Lipinski definition) is 4. The molecule has 166 valence electrons. The second kappa shape index (κ2) is 9.90. The van der Waals surface area contributed by atoms with Gasteiger partial charge in [0.05, 0.1) is 5.69 Å². The minimum absolute atomic E-state index is 0.0664. The number of hydrogen-bond donors (Lipinski definition) is 2. The molecule has 2 N–H and O–H groups in total. The van der Waals surface area contributed by atoms with Crippen molar-refractivity contribution in [2.45, 2.75) is 6.42 Å². The number of benzene rings is 3. The van der Waals surface area contributed by atoms with Gasteiger partial charge in [0.2, 0.25) is 0 Å². The summed E-state index contributed by atoms with van der Waals surface area (Å²) in [4.78, 5) is 39.0. The summed E-state index contributed by atoms with van der Waals surface area (Å²) in [7, 11) is 0. The summed E-state index contributed by atoms with van der Waals surface area (Å²) in [6.45, 7) is 0.485. The van der Waals surface area contributed by atoms with Crippen molar-refractivity contribution in [2.75, 3.05) is 16.8 Å². The van der Waals surface area contributed by atoms with Crippen molar-refractivity contribution in [1.82, 2.24) is 5.32 Å². The second-order valence-electron chi connectivity index (χ2n) is 7.31. The summed E-state index contributed by atoms with van der Waals surface area (Å²) in [5.41, 5.74) is 2.24. The van der Waals surface area contributed by atoms with Crippen LogP contribution in [0.5, 0.6) is 0 Å². The predicted molar refractivity (Wildman–Crippen MR) is 129 cm³/mol. The molecule has 0 aliphatic carbocycles. The van der Waals surface area contributed by atoms with Gasteiger partial charge in [-0.2, -0.15) is 0 Å². The minimum atomic E-state index is -0.652. The van der Waals surface area contributed by atoms with Crippen LogP contribution in [0, 0.1) is 0 Å². The minimum Gasteiger partial charge on any atom is -0.352 e. The van der Waals surface area contributed by atoms with Gasteiger partial charge in [0, 0.05) is 22.8 Å². The van der Waals surface area contributed by atoms with Crippen LogP contribution in [0.15, 0.2) is 89.6 Å². The highest BCUT2D eigenvalue weighted by Crippen LogP contribution is 2.31.